The van der Waals surface area contributed by atoms with Crippen molar-refractivity contribution in [1.29, 1.82) is 0 Å². The second-order valence-corrected chi connectivity index (χ2v) is 5.60. The Balaban J connectivity index is 2.49. The Hall–Kier alpha value is 0.690. The fourth-order valence-corrected chi connectivity index (χ4v) is 3.02. The van der Waals surface area contributed by atoms with Gasteiger partial charge >= 0.3 is 0 Å². The highest BCUT2D eigenvalue weighted by Gasteiger charge is 2.35. The van der Waals surface area contributed by atoms with E-state index >= 15 is 0 Å². The summed E-state index contributed by atoms with van der Waals surface area (Å²) in [5.41, 5.74) is 0.211. The maximum Gasteiger partial charge on any atom is 0.0775 e. The predicted molar refractivity (Wildman–Crippen MR) is 70.1 cm³/mol. The van der Waals surface area contributed by atoms with Gasteiger partial charge < -0.3 is 4.74 Å². The minimum atomic E-state index is 0.211. The van der Waals surface area contributed by atoms with Crippen LogP contribution < -0.4 is 0 Å². The maximum atomic E-state index is 6.22. The number of ether oxygens (including phenoxy) is 1. The Bertz CT molecular complexity index is 162. The lowest BCUT2D eigenvalue weighted by Crippen LogP contribution is -2.41. The zero-order chi connectivity index (χ0) is 10.6. The van der Waals surface area contributed by atoms with Crippen molar-refractivity contribution in [3.05, 3.63) is 0 Å². The third kappa shape index (κ3) is 3.37. The van der Waals surface area contributed by atoms with Crippen molar-refractivity contribution in [2.45, 2.75) is 64.6 Å². The standard InChI is InChI=1S/C12H23IO/c1-4-11(3)14-12(9-13)7-5-10(2)6-8-12/h10-11H,4-9H2,1-3H3. The van der Waals surface area contributed by atoms with Crippen LogP contribution in [0.15, 0.2) is 0 Å². The molecule has 1 aliphatic rings. The van der Waals surface area contributed by atoms with Gasteiger partial charge in [0.15, 0.2) is 0 Å². The van der Waals surface area contributed by atoms with Gasteiger partial charge in [0.2, 0.25) is 0 Å². The largest absolute Gasteiger partial charge is 0.371 e. The molecule has 84 valence electrons. The van der Waals surface area contributed by atoms with Gasteiger partial charge in [-0.15, -0.1) is 0 Å². The zero-order valence-electron chi connectivity index (χ0n) is 9.68. The van der Waals surface area contributed by atoms with Crippen molar-refractivity contribution in [3.63, 3.8) is 0 Å². The summed E-state index contributed by atoms with van der Waals surface area (Å²) in [6.07, 6.45) is 6.79. The summed E-state index contributed by atoms with van der Waals surface area (Å²) in [7, 11) is 0. The average Bonchev–Trinajstić information content (AvgIpc) is 2.22. The predicted octanol–water partition coefficient (Wildman–Crippen LogP) is 4.19. The van der Waals surface area contributed by atoms with Crippen molar-refractivity contribution in [1.82, 2.24) is 0 Å². The molecule has 1 unspecified atom stereocenters. The Morgan fingerprint density at radius 2 is 2.00 bits per heavy atom. The molecular weight excluding hydrogens is 287 g/mol. The lowest BCUT2D eigenvalue weighted by molar-refractivity contribution is -0.0962. The molecule has 1 atom stereocenters. The van der Waals surface area contributed by atoms with E-state index in [0.29, 0.717) is 6.10 Å². The first-order valence-corrected chi connectivity index (χ1v) is 7.38. The monoisotopic (exact) mass is 310 g/mol. The number of rotatable bonds is 4. The maximum absolute atomic E-state index is 6.22. The second-order valence-electron chi connectivity index (χ2n) is 4.84. The Morgan fingerprint density at radius 3 is 2.43 bits per heavy atom. The molecule has 1 nitrogen and oxygen atoms in total. The third-order valence-electron chi connectivity index (χ3n) is 3.46. The molecule has 1 fully saturated rings. The van der Waals surface area contributed by atoms with Gasteiger partial charge in [0, 0.05) is 4.43 Å². The molecule has 0 amide bonds. The van der Waals surface area contributed by atoms with Gasteiger partial charge in [-0.25, -0.2) is 0 Å². The summed E-state index contributed by atoms with van der Waals surface area (Å²) < 4.78 is 7.37. The topological polar surface area (TPSA) is 9.23 Å². The molecule has 0 aromatic heterocycles. The van der Waals surface area contributed by atoms with E-state index in [2.05, 4.69) is 43.4 Å². The molecule has 0 bridgehead atoms. The van der Waals surface area contributed by atoms with Crippen molar-refractivity contribution in [2.75, 3.05) is 4.43 Å². The molecule has 0 heterocycles. The lowest BCUT2D eigenvalue weighted by atomic mass is 9.80. The van der Waals surface area contributed by atoms with Crippen LogP contribution in [-0.2, 0) is 4.74 Å². The normalized spacial score (nSPS) is 35.6. The highest BCUT2D eigenvalue weighted by atomic mass is 127. The second kappa shape index (κ2) is 5.69. The van der Waals surface area contributed by atoms with Crippen LogP contribution in [0.3, 0.4) is 0 Å². The summed E-state index contributed by atoms with van der Waals surface area (Å²) >= 11 is 2.49. The molecule has 1 aliphatic carbocycles. The quantitative estimate of drug-likeness (QED) is 0.559. The molecule has 2 heteroatoms. The molecule has 0 aromatic rings. The van der Waals surface area contributed by atoms with Crippen LogP contribution in [0.1, 0.15) is 52.9 Å². The first-order chi connectivity index (χ1) is 6.62. The number of halogens is 1. The summed E-state index contributed by atoms with van der Waals surface area (Å²) in [5.74, 6) is 0.909. The molecule has 14 heavy (non-hydrogen) atoms. The summed E-state index contributed by atoms with van der Waals surface area (Å²) in [6, 6.07) is 0. The van der Waals surface area contributed by atoms with E-state index < -0.39 is 0 Å². The van der Waals surface area contributed by atoms with Crippen molar-refractivity contribution < 1.29 is 4.74 Å². The van der Waals surface area contributed by atoms with Gasteiger partial charge in [-0.2, -0.15) is 0 Å². The first kappa shape index (κ1) is 12.8. The van der Waals surface area contributed by atoms with E-state index in [1.165, 1.54) is 25.7 Å². The molecule has 0 N–H and O–H groups in total. The van der Waals surface area contributed by atoms with Gasteiger partial charge in [0.05, 0.1) is 11.7 Å². The Morgan fingerprint density at radius 1 is 1.43 bits per heavy atom. The zero-order valence-corrected chi connectivity index (χ0v) is 11.8. The number of hydrogen-bond acceptors (Lipinski definition) is 1. The highest BCUT2D eigenvalue weighted by Crippen LogP contribution is 2.37. The minimum absolute atomic E-state index is 0.211. The summed E-state index contributed by atoms with van der Waals surface area (Å²) in [5, 5.41) is 0. The molecule has 0 aromatic carbocycles. The first-order valence-electron chi connectivity index (χ1n) is 5.85. The van der Waals surface area contributed by atoms with Crippen molar-refractivity contribution in [2.24, 2.45) is 5.92 Å². The van der Waals surface area contributed by atoms with E-state index in [9.17, 15) is 0 Å². The molecule has 0 spiro atoms. The van der Waals surface area contributed by atoms with Crippen molar-refractivity contribution >= 4 is 22.6 Å². The van der Waals surface area contributed by atoms with Crippen LogP contribution in [0.5, 0.6) is 0 Å². The van der Waals surface area contributed by atoms with Gasteiger partial charge in [-0.05, 0) is 44.9 Å². The molecule has 0 aliphatic heterocycles. The van der Waals surface area contributed by atoms with E-state index in [-0.39, 0.29) is 5.60 Å². The average molecular weight is 310 g/mol. The fraction of sp³-hybridized carbons (Fsp3) is 1.00. The van der Waals surface area contributed by atoms with E-state index in [1.54, 1.807) is 0 Å². The van der Waals surface area contributed by atoms with E-state index in [1.807, 2.05) is 0 Å². The van der Waals surface area contributed by atoms with Gasteiger partial charge in [0.25, 0.3) is 0 Å². The van der Waals surface area contributed by atoms with Gasteiger partial charge in [-0.1, -0.05) is 36.4 Å². The third-order valence-corrected chi connectivity index (χ3v) is 4.85. The van der Waals surface area contributed by atoms with Crippen LogP contribution in [0.25, 0.3) is 0 Å². The van der Waals surface area contributed by atoms with E-state index in [4.69, 9.17) is 4.74 Å². The Labute approximate surface area is 102 Å². The summed E-state index contributed by atoms with van der Waals surface area (Å²) in [6.45, 7) is 6.77. The van der Waals surface area contributed by atoms with Crippen LogP contribution >= 0.6 is 22.6 Å². The molecule has 0 radical (unpaired) electrons. The van der Waals surface area contributed by atoms with Crippen LogP contribution in [0.4, 0.5) is 0 Å². The van der Waals surface area contributed by atoms with Crippen LogP contribution in [0.2, 0.25) is 0 Å². The summed E-state index contributed by atoms with van der Waals surface area (Å²) in [4.78, 5) is 0. The van der Waals surface area contributed by atoms with E-state index in [0.717, 1.165) is 16.8 Å². The fourth-order valence-electron chi connectivity index (χ4n) is 2.08. The van der Waals surface area contributed by atoms with Gasteiger partial charge in [0.1, 0.15) is 0 Å². The Kier molecular flexibility index (Phi) is 5.18. The molecule has 1 rings (SSSR count). The molecule has 0 saturated heterocycles. The minimum Gasteiger partial charge on any atom is -0.371 e. The SMILES string of the molecule is CCC(C)OC1(CI)CCC(C)CC1. The molecular formula is C12H23IO. The van der Waals surface area contributed by atoms with Crippen LogP contribution in [-0.4, -0.2) is 16.1 Å². The number of hydrogen-bond donors (Lipinski definition) is 0. The number of alkyl halides is 1. The highest BCUT2D eigenvalue weighted by molar-refractivity contribution is 14.1. The van der Waals surface area contributed by atoms with Crippen LogP contribution in [0, 0.1) is 5.92 Å². The lowest BCUT2D eigenvalue weighted by Gasteiger charge is -2.40. The smallest absolute Gasteiger partial charge is 0.0775 e. The van der Waals surface area contributed by atoms with Gasteiger partial charge in [-0.3, -0.25) is 0 Å². The van der Waals surface area contributed by atoms with Crippen molar-refractivity contribution in [3.8, 4) is 0 Å². The molecule has 1 saturated carbocycles.